The zero-order valence-electron chi connectivity index (χ0n) is 20.2. The van der Waals surface area contributed by atoms with Crippen molar-refractivity contribution in [3.63, 3.8) is 0 Å². The van der Waals surface area contributed by atoms with E-state index in [9.17, 15) is 14.9 Å². The van der Waals surface area contributed by atoms with Crippen molar-refractivity contribution in [1.82, 2.24) is 14.8 Å². The average molecular weight is 503 g/mol. The molecule has 4 rings (SSSR count). The van der Waals surface area contributed by atoms with E-state index in [1.165, 1.54) is 23.9 Å². The third-order valence-electron chi connectivity index (χ3n) is 5.66. The quantitative estimate of drug-likeness (QED) is 0.178. The highest BCUT2D eigenvalue weighted by Crippen LogP contribution is 2.26. The lowest BCUT2D eigenvalue weighted by atomic mass is 10.1. The second-order valence-electron chi connectivity index (χ2n) is 8.28. The normalized spacial score (nSPS) is 10.8. The number of hydrogen-bond donors (Lipinski definition) is 2. The number of thioether (sulfide) groups is 1. The summed E-state index contributed by atoms with van der Waals surface area (Å²) in [7, 11) is 0. The second kappa shape index (κ2) is 11.0. The first-order valence-corrected chi connectivity index (χ1v) is 12.3. The standard InChI is InChI=1S/C26H26N6O3S/c1-17-12-13-21(32(34)35)14-22(17)28-24(33)16-36-26-30-29-23(31(26)20-10-5-4-6-11-20)15-27-25-18(2)8-7-9-19(25)3/h4-14,27H,15-16H2,1-3H3,(H,28,33). The van der Waals surface area contributed by atoms with Gasteiger partial charge in [-0.2, -0.15) is 0 Å². The predicted octanol–water partition coefficient (Wildman–Crippen LogP) is 5.44. The molecule has 0 spiro atoms. The number of amides is 1. The average Bonchev–Trinajstić information content (AvgIpc) is 3.27. The number of rotatable bonds is 9. The number of nitrogens with zero attached hydrogens (tertiary/aromatic N) is 4. The summed E-state index contributed by atoms with van der Waals surface area (Å²) in [6.07, 6.45) is 0. The molecule has 184 valence electrons. The van der Waals surface area contributed by atoms with Crippen LogP contribution in [0.5, 0.6) is 0 Å². The van der Waals surface area contributed by atoms with Crippen molar-refractivity contribution in [2.24, 2.45) is 0 Å². The van der Waals surface area contributed by atoms with E-state index in [1.54, 1.807) is 13.0 Å². The van der Waals surface area contributed by atoms with Crippen LogP contribution in [0.2, 0.25) is 0 Å². The summed E-state index contributed by atoms with van der Waals surface area (Å²) in [5.74, 6) is 0.486. The molecule has 0 bridgehead atoms. The molecule has 0 saturated heterocycles. The van der Waals surface area contributed by atoms with Gasteiger partial charge in [-0.1, -0.05) is 54.2 Å². The zero-order chi connectivity index (χ0) is 25.7. The lowest BCUT2D eigenvalue weighted by molar-refractivity contribution is -0.384. The number of aromatic nitrogens is 3. The van der Waals surface area contributed by atoms with Gasteiger partial charge < -0.3 is 10.6 Å². The summed E-state index contributed by atoms with van der Waals surface area (Å²) in [5.41, 5.74) is 5.31. The van der Waals surface area contributed by atoms with E-state index in [0.29, 0.717) is 23.2 Å². The molecule has 36 heavy (non-hydrogen) atoms. The molecule has 0 atom stereocenters. The lowest BCUT2D eigenvalue weighted by Crippen LogP contribution is -2.16. The predicted molar refractivity (Wildman–Crippen MR) is 142 cm³/mol. The van der Waals surface area contributed by atoms with Crippen molar-refractivity contribution in [3.05, 3.63) is 99.4 Å². The summed E-state index contributed by atoms with van der Waals surface area (Å²) in [6.45, 7) is 6.35. The fraction of sp³-hybridized carbons (Fsp3) is 0.192. The van der Waals surface area contributed by atoms with Crippen LogP contribution in [0, 0.1) is 30.9 Å². The Morgan fingerprint density at radius 3 is 2.39 bits per heavy atom. The minimum absolute atomic E-state index is 0.0669. The molecule has 1 aromatic heterocycles. The van der Waals surface area contributed by atoms with E-state index in [4.69, 9.17) is 0 Å². The fourth-order valence-electron chi connectivity index (χ4n) is 3.78. The maximum atomic E-state index is 12.7. The van der Waals surface area contributed by atoms with Gasteiger partial charge in [-0.15, -0.1) is 10.2 Å². The highest BCUT2D eigenvalue weighted by atomic mass is 32.2. The van der Waals surface area contributed by atoms with Crippen LogP contribution in [0.3, 0.4) is 0 Å². The highest BCUT2D eigenvalue weighted by Gasteiger charge is 2.17. The largest absolute Gasteiger partial charge is 0.377 e. The van der Waals surface area contributed by atoms with E-state index in [2.05, 4.69) is 46.8 Å². The van der Waals surface area contributed by atoms with E-state index >= 15 is 0 Å². The van der Waals surface area contributed by atoms with Gasteiger partial charge in [0.1, 0.15) is 0 Å². The molecular formula is C26H26N6O3S. The van der Waals surface area contributed by atoms with Gasteiger partial charge in [0.15, 0.2) is 11.0 Å². The Balaban J connectivity index is 1.52. The minimum Gasteiger partial charge on any atom is -0.377 e. The smallest absolute Gasteiger partial charge is 0.271 e. The van der Waals surface area contributed by atoms with Gasteiger partial charge in [-0.25, -0.2) is 0 Å². The molecule has 0 aliphatic carbocycles. The van der Waals surface area contributed by atoms with Gasteiger partial charge in [0.25, 0.3) is 5.69 Å². The van der Waals surface area contributed by atoms with Crippen LogP contribution < -0.4 is 10.6 Å². The molecule has 1 heterocycles. The van der Waals surface area contributed by atoms with Gasteiger partial charge >= 0.3 is 0 Å². The van der Waals surface area contributed by atoms with E-state index in [0.717, 1.165) is 28.1 Å². The molecule has 0 fully saturated rings. The summed E-state index contributed by atoms with van der Waals surface area (Å²) in [6, 6.07) is 20.3. The van der Waals surface area contributed by atoms with Crippen LogP contribution in [-0.4, -0.2) is 31.3 Å². The monoisotopic (exact) mass is 502 g/mol. The Kier molecular flexibility index (Phi) is 7.65. The molecule has 0 saturated carbocycles. The van der Waals surface area contributed by atoms with Crippen LogP contribution >= 0.6 is 11.8 Å². The number of para-hydroxylation sites is 2. The Bertz CT molecular complexity index is 1380. The van der Waals surface area contributed by atoms with Gasteiger partial charge in [0.2, 0.25) is 5.91 Å². The summed E-state index contributed by atoms with van der Waals surface area (Å²) in [5, 5.41) is 26.6. The summed E-state index contributed by atoms with van der Waals surface area (Å²) >= 11 is 1.25. The highest BCUT2D eigenvalue weighted by molar-refractivity contribution is 7.99. The first-order valence-electron chi connectivity index (χ1n) is 11.3. The molecule has 0 unspecified atom stereocenters. The van der Waals surface area contributed by atoms with Crippen molar-refractivity contribution in [1.29, 1.82) is 0 Å². The number of benzene rings is 3. The molecule has 3 aromatic carbocycles. The molecule has 0 aliphatic heterocycles. The molecule has 9 nitrogen and oxygen atoms in total. The Labute approximate surface area is 213 Å². The number of carbonyl (C=O) groups is 1. The van der Waals surface area contributed by atoms with Crippen LogP contribution in [0.1, 0.15) is 22.5 Å². The van der Waals surface area contributed by atoms with Crippen molar-refractivity contribution in [2.75, 3.05) is 16.4 Å². The maximum Gasteiger partial charge on any atom is 0.271 e. The van der Waals surface area contributed by atoms with Gasteiger partial charge in [-0.3, -0.25) is 19.5 Å². The number of nitro benzene ring substituents is 1. The molecule has 0 aliphatic rings. The van der Waals surface area contributed by atoms with Gasteiger partial charge in [-0.05, 0) is 49.6 Å². The van der Waals surface area contributed by atoms with Crippen LogP contribution in [0.25, 0.3) is 5.69 Å². The third kappa shape index (κ3) is 5.72. The molecule has 2 N–H and O–H groups in total. The number of nitrogens with one attached hydrogen (secondary N) is 2. The molecule has 1 amide bonds. The van der Waals surface area contributed by atoms with Crippen molar-refractivity contribution in [3.8, 4) is 5.69 Å². The fourth-order valence-corrected chi connectivity index (χ4v) is 4.55. The summed E-state index contributed by atoms with van der Waals surface area (Å²) < 4.78 is 1.93. The molecule has 4 aromatic rings. The van der Waals surface area contributed by atoms with Gasteiger partial charge in [0, 0.05) is 23.5 Å². The van der Waals surface area contributed by atoms with Crippen molar-refractivity contribution in [2.45, 2.75) is 32.5 Å². The van der Waals surface area contributed by atoms with E-state index in [-0.39, 0.29) is 17.3 Å². The van der Waals surface area contributed by atoms with E-state index in [1.807, 2.05) is 41.0 Å². The number of non-ortho nitro benzene ring substituents is 1. The number of anilines is 2. The molecular weight excluding hydrogens is 476 g/mol. The number of aryl methyl sites for hydroxylation is 3. The Morgan fingerprint density at radius 2 is 1.69 bits per heavy atom. The van der Waals surface area contributed by atoms with Crippen LogP contribution in [0.15, 0.2) is 71.9 Å². The first kappa shape index (κ1) is 24.9. The van der Waals surface area contributed by atoms with Crippen LogP contribution in [-0.2, 0) is 11.3 Å². The Hall–Kier alpha value is -4.18. The van der Waals surface area contributed by atoms with Gasteiger partial charge in [0.05, 0.1) is 22.9 Å². The van der Waals surface area contributed by atoms with Crippen molar-refractivity contribution < 1.29 is 9.72 Å². The minimum atomic E-state index is -0.486. The number of carbonyl (C=O) groups excluding carboxylic acids is 1. The molecule has 10 heteroatoms. The zero-order valence-corrected chi connectivity index (χ0v) is 21.0. The first-order chi connectivity index (χ1) is 17.3. The Morgan fingerprint density at radius 1 is 0.972 bits per heavy atom. The lowest BCUT2D eigenvalue weighted by Gasteiger charge is -2.14. The number of nitro groups is 1. The second-order valence-corrected chi connectivity index (χ2v) is 9.23. The summed E-state index contributed by atoms with van der Waals surface area (Å²) in [4.78, 5) is 23.3. The maximum absolute atomic E-state index is 12.7. The topological polar surface area (TPSA) is 115 Å². The van der Waals surface area contributed by atoms with Crippen LogP contribution in [0.4, 0.5) is 17.1 Å². The van der Waals surface area contributed by atoms with E-state index < -0.39 is 4.92 Å². The molecule has 0 radical (unpaired) electrons. The number of hydrogen-bond acceptors (Lipinski definition) is 7. The SMILES string of the molecule is Cc1ccc([N+](=O)[O-])cc1NC(=O)CSc1nnc(CNc2c(C)cccc2C)n1-c1ccccc1. The third-order valence-corrected chi connectivity index (χ3v) is 6.59. The van der Waals surface area contributed by atoms with Crippen molar-refractivity contribution >= 4 is 34.7 Å².